The van der Waals surface area contributed by atoms with Crippen molar-refractivity contribution in [2.45, 2.75) is 19.8 Å². The number of ether oxygens (including phenoxy) is 2. The van der Waals surface area contributed by atoms with Crippen molar-refractivity contribution in [3.63, 3.8) is 0 Å². The van der Waals surface area contributed by atoms with E-state index >= 15 is 0 Å². The third-order valence-electron chi connectivity index (χ3n) is 4.02. The highest BCUT2D eigenvalue weighted by Gasteiger charge is 2.64. The number of hydrogen-bond acceptors (Lipinski definition) is 5. The van der Waals surface area contributed by atoms with Crippen LogP contribution >= 0.6 is 0 Å². The Hall–Kier alpha value is -2.52. The van der Waals surface area contributed by atoms with Gasteiger partial charge in [-0.15, -0.1) is 5.92 Å². The lowest BCUT2D eigenvalue weighted by molar-refractivity contribution is -0.149. The third-order valence-corrected chi connectivity index (χ3v) is 4.02. The van der Waals surface area contributed by atoms with Crippen molar-refractivity contribution < 1.29 is 24.3 Å². The molecule has 0 bridgehead atoms. The maximum Gasteiger partial charge on any atom is 0.312 e. The molecule has 2 N–H and O–H groups in total. The summed E-state index contributed by atoms with van der Waals surface area (Å²) in [4.78, 5) is 23.6. The SMILES string of the molecule is CC#CCOc1ccc(C[C@]2(C(=O)OC)C[C@@H]2C(=O)NO)cc1. The molecule has 1 amide bonds. The molecule has 6 heteroatoms. The van der Waals surface area contributed by atoms with Crippen LogP contribution in [-0.4, -0.2) is 30.8 Å². The molecule has 1 aliphatic rings. The molecular weight excluding hydrogens is 298 g/mol. The van der Waals surface area contributed by atoms with Crippen LogP contribution in [0.25, 0.3) is 0 Å². The van der Waals surface area contributed by atoms with Crippen molar-refractivity contribution in [3.8, 4) is 17.6 Å². The fraction of sp³-hybridized carbons (Fsp3) is 0.412. The zero-order valence-electron chi connectivity index (χ0n) is 13.1. The molecule has 0 saturated heterocycles. The molecule has 6 nitrogen and oxygen atoms in total. The molecule has 0 radical (unpaired) electrons. The average Bonchev–Trinajstić information content (AvgIpc) is 3.30. The van der Waals surface area contributed by atoms with Crippen LogP contribution in [0, 0.1) is 23.2 Å². The first kappa shape index (κ1) is 16.8. The molecule has 2 rings (SSSR count). The Bertz CT molecular complexity index is 643. The van der Waals surface area contributed by atoms with Gasteiger partial charge in [-0.2, -0.15) is 0 Å². The van der Waals surface area contributed by atoms with E-state index in [2.05, 4.69) is 11.8 Å². The summed E-state index contributed by atoms with van der Waals surface area (Å²) in [7, 11) is 1.29. The highest BCUT2D eigenvalue weighted by atomic mass is 16.5. The highest BCUT2D eigenvalue weighted by molar-refractivity contribution is 5.93. The zero-order chi connectivity index (χ0) is 16.9. The Morgan fingerprint density at radius 1 is 1.39 bits per heavy atom. The summed E-state index contributed by atoms with van der Waals surface area (Å²) in [6.07, 6.45) is 0.725. The zero-order valence-corrected chi connectivity index (χ0v) is 13.1. The van der Waals surface area contributed by atoms with Gasteiger partial charge in [-0.1, -0.05) is 18.1 Å². The maximum absolute atomic E-state index is 12.0. The number of methoxy groups -OCH3 is 1. The van der Waals surface area contributed by atoms with Gasteiger partial charge in [-0.3, -0.25) is 14.8 Å². The lowest BCUT2D eigenvalue weighted by atomic mass is 9.93. The van der Waals surface area contributed by atoms with Crippen LogP contribution in [0.5, 0.6) is 5.75 Å². The van der Waals surface area contributed by atoms with Crippen LogP contribution in [0.3, 0.4) is 0 Å². The summed E-state index contributed by atoms with van der Waals surface area (Å²) < 4.78 is 10.3. The van der Waals surface area contributed by atoms with Crippen LogP contribution in [-0.2, 0) is 20.7 Å². The van der Waals surface area contributed by atoms with Gasteiger partial charge in [0.25, 0.3) is 0 Å². The molecule has 1 aromatic rings. The molecule has 1 fully saturated rings. The average molecular weight is 317 g/mol. The van der Waals surface area contributed by atoms with E-state index in [0.717, 1.165) is 5.56 Å². The minimum atomic E-state index is -0.905. The van der Waals surface area contributed by atoms with Crippen molar-refractivity contribution in [2.24, 2.45) is 11.3 Å². The number of nitrogens with one attached hydrogen (secondary N) is 1. The van der Waals surface area contributed by atoms with Gasteiger partial charge in [0, 0.05) is 0 Å². The summed E-state index contributed by atoms with van der Waals surface area (Å²) in [5, 5.41) is 8.76. The second-order valence-electron chi connectivity index (χ2n) is 5.42. The number of carbonyl (C=O) groups excluding carboxylic acids is 2. The summed E-state index contributed by atoms with van der Waals surface area (Å²) in [6.45, 7) is 2.06. The summed E-state index contributed by atoms with van der Waals surface area (Å²) >= 11 is 0. The van der Waals surface area contributed by atoms with Gasteiger partial charge in [-0.05, 0) is 37.5 Å². The fourth-order valence-electron chi connectivity index (χ4n) is 2.68. The largest absolute Gasteiger partial charge is 0.481 e. The normalized spacial score (nSPS) is 21.6. The third kappa shape index (κ3) is 3.63. The van der Waals surface area contributed by atoms with Crippen LogP contribution in [0.2, 0.25) is 0 Å². The Morgan fingerprint density at radius 2 is 2.09 bits per heavy atom. The number of hydrogen-bond donors (Lipinski definition) is 2. The standard InChI is InChI=1S/C17H19NO5/c1-3-4-9-23-13-7-5-12(6-8-13)10-17(16(20)22-2)11-14(17)15(19)18-21/h5-8,14,21H,9-11H2,1-2H3,(H,18,19)/t14-,17+/m1/s1. The van der Waals surface area contributed by atoms with Gasteiger partial charge >= 0.3 is 5.97 Å². The van der Waals surface area contributed by atoms with Crippen molar-refractivity contribution in [1.82, 2.24) is 5.48 Å². The quantitative estimate of drug-likeness (QED) is 0.358. The van der Waals surface area contributed by atoms with E-state index in [0.29, 0.717) is 25.2 Å². The number of amides is 1. The molecule has 23 heavy (non-hydrogen) atoms. The Balaban J connectivity index is 2.07. The topological polar surface area (TPSA) is 84.9 Å². The number of carbonyl (C=O) groups is 2. The molecule has 0 heterocycles. The number of benzene rings is 1. The monoisotopic (exact) mass is 317 g/mol. The smallest absolute Gasteiger partial charge is 0.312 e. The molecule has 1 aromatic carbocycles. The lowest BCUT2D eigenvalue weighted by Gasteiger charge is -2.15. The predicted molar refractivity (Wildman–Crippen MR) is 81.6 cm³/mol. The molecule has 1 aliphatic carbocycles. The van der Waals surface area contributed by atoms with Gasteiger partial charge in [-0.25, -0.2) is 5.48 Å². The second kappa shape index (κ2) is 7.16. The number of hydroxylamine groups is 1. The van der Waals surface area contributed by atoms with Gasteiger partial charge in [0.2, 0.25) is 5.91 Å². The van der Waals surface area contributed by atoms with E-state index in [1.165, 1.54) is 7.11 Å². The summed E-state index contributed by atoms with van der Waals surface area (Å²) in [5.74, 6) is 4.66. The summed E-state index contributed by atoms with van der Waals surface area (Å²) in [6, 6.07) is 7.26. The van der Waals surface area contributed by atoms with E-state index in [1.54, 1.807) is 24.5 Å². The molecule has 2 atom stereocenters. The lowest BCUT2D eigenvalue weighted by Crippen LogP contribution is -2.30. The van der Waals surface area contributed by atoms with Gasteiger partial charge in [0.15, 0.2) is 0 Å². The molecular formula is C17H19NO5. The van der Waals surface area contributed by atoms with Crippen LogP contribution < -0.4 is 10.2 Å². The summed E-state index contributed by atoms with van der Waals surface area (Å²) in [5.41, 5.74) is 1.59. The Morgan fingerprint density at radius 3 is 2.65 bits per heavy atom. The first-order valence-corrected chi connectivity index (χ1v) is 7.21. The van der Waals surface area contributed by atoms with Gasteiger partial charge < -0.3 is 9.47 Å². The molecule has 122 valence electrons. The second-order valence-corrected chi connectivity index (χ2v) is 5.42. The van der Waals surface area contributed by atoms with Crippen molar-refractivity contribution in [2.75, 3.05) is 13.7 Å². The van der Waals surface area contributed by atoms with Crippen LogP contribution in [0.1, 0.15) is 18.9 Å². The molecule has 0 spiro atoms. The first-order valence-electron chi connectivity index (χ1n) is 7.21. The fourth-order valence-corrected chi connectivity index (χ4v) is 2.68. The molecule has 0 aromatic heterocycles. The van der Waals surface area contributed by atoms with E-state index in [-0.39, 0.29) is 0 Å². The van der Waals surface area contributed by atoms with Crippen molar-refractivity contribution >= 4 is 11.9 Å². The minimum absolute atomic E-state index is 0.320. The van der Waals surface area contributed by atoms with Crippen molar-refractivity contribution in [1.29, 1.82) is 0 Å². The molecule has 0 unspecified atom stereocenters. The first-order chi connectivity index (χ1) is 11.1. The molecule has 1 saturated carbocycles. The molecule has 0 aliphatic heterocycles. The van der Waals surface area contributed by atoms with E-state index in [9.17, 15) is 9.59 Å². The van der Waals surface area contributed by atoms with E-state index in [4.69, 9.17) is 14.7 Å². The Kier molecular flexibility index (Phi) is 5.24. The van der Waals surface area contributed by atoms with E-state index < -0.39 is 23.2 Å². The van der Waals surface area contributed by atoms with Gasteiger partial charge in [0.05, 0.1) is 18.4 Å². The predicted octanol–water partition coefficient (Wildman–Crippen LogP) is 1.32. The van der Waals surface area contributed by atoms with Crippen LogP contribution in [0.15, 0.2) is 24.3 Å². The minimum Gasteiger partial charge on any atom is -0.481 e. The van der Waals surface area contributed by atoms with Gasteiger partial charge in [0.1, 0.15) is 12.4 Å². The van der Waals surface area contributed by atoms with E-state index in [1.807, 2.05) is 12.1 Å². The maximum atomic E-state index is 12.0. The Labute approximate surface area is 134 Å². The van der Waals surface area contributed by atoms with Crippen LogP contribution in [0.4, 0.5) is 0 Å². The van der Waals surface area contributed by atoms with Crippen molar-refractivity contribution in [3.05, 3.63) is 29.8 Å². The number of esters is 1. The number of rotatable bonds is 6. The highest BCUT2D eigenvalue weighted by Crippen LogP contribution is 2.55.